The highest BCUT2D eigenvalue weighted by Gasteiger charge is 2.19. The normalized spacial score (nSPS) is 11.3. The van der Waals surface area contributed by atoms with Crippen molar-refractivity contribution in [1.29, 1.82) is 0 Å². The van der Waals surface area contributed by atoms with E-state index in [-0.39, 0.29) is 10.5 Å². The number of aryl methyl sites for hydroxylation is 2. The fourth-order valence-corrected chi connectivity index (χ4v) is 3.40. The monoisotopic (exact) mass is 390 g/mol. The van der Waals surface area contributed by atoms with Crippen molar-refractivity contribution in [2.75, 3.05) is 26.0 Å². The van der Waals surface area contributed by atoms with Crippen LogP contribution in [0.3, 0.4) is 0 Å². The molecule has 0 bridgehead atoms. The van der Waals surface area contributed by atoms with Crippen molar-refractivity contribution in [3.8, 4) is 0 Å². The molecule has 8 heteroatoms. The fourth-order valence-electron chi connectivity index (χ4n) is 2.45. The van der Waals surface area contributed by atoms with Gasteiger partial charge in [0, 0.05) is 19.8 Å². The molecular weight excluding hydrogens is 368 g/mol. The largest absolute Gasteiger partial charge is 0.452 e. The first kappa shape index (κ1) is 20.6. The summed E-state index contributed by atoms with van der Waals surface area (Å²) in [5, 5.41) is 2.66. The Morgan fingerprint density at radius 3 is 2.26 bits per heavy atom. The molecule has 1 N–H and O–H groups in total. The van der Waals surface area contributed by atoms with Crippen LogP contribution in [0.4, 0.5) is 5.69 Å². The lowest BCUT2D eigenvalue weighted by molar-refractivity contribution is -0.119. The number of rotatable bonds is 6. The Labute approximate surface area is 159 Å². The first-order chi connectivity index (χ1) is 12.6. The van der Waals surface area contributed by atoms with Crippen LogP contribution in [0, 0.1) is 13.8 Å². The van der Waals surface area contributed by atoms with E-state index in [0.29, 0.717) is 5.69 Å². The summed E-state index contributed by atoms with van der Waals surface area (Å²) in [7, 11) is -0.866. The molecule has 7 nitrogen and oxygen atoms in total. The molecule has 2 aromatic carbocycles. The third-order valence-corrected chi connectivity index (χ3v) is 5.50. The lowest BCUT2D eigenvalue weighted by Crippen LogP contribution is -2.23. The molecular formula is C19H22N2O5S. The average Bonchev–Trinajstić information content (AvgIpc) is 2.58. The molecule has 0 aliphatic heterocycles. The van der Waals surface area contributed by atoms with Crippen molar-refractivity contribution < 1.29 is 22.7 Å². The number of nitrogens with zero attached hydrogens (tertiary/aromatic N) is 1. The van der Waals surface area contributed by atoms with E-state index in [4.69, 9.17) is 4.74 Å². The Balaban J connectivity index is 2.02. The molecule has 0 atom stereocenters. The Kier molecular flexibility index (Phi) is 6.35. The van der Waals surface area contributed by atoms with Crippen LogP contribution in [0.15, 0.2) is 47.4 Å². The van der Waals surface area contributed by atoms with E-state index in [2.05, 4.69) is 5.32 Å². The number of hydrogen-bond acceptors (Lipinski definition) is 5. The topological polar surface area (TPSA) is 92.8 Å². The number of amides is 1. The van der Waals surface area contributed by atoms with Crippen LogP contribution in [-0.4, -0.2) is 45.3 Å². The van der Waals surface area contributed by atoms with Gasteiger partial charge >= 0.3 is 5.97 Å². The Bertz CT molecular complexity index is 948. The quantitative estimate of drug-likeness (QED) is 0.765. The van der Waals surface area contributed by atoms with E-state index in [1.165, 1.54) is 38.4 Å². The molecule has 0 radical (unpaired) electrons. The maximum absolute atomic E-state index is 12.1. The Hall–Kier alpha value is -2.71. The van der Waals surface area contributed by atoms with E-state index in [1.54, 1.807) is 0 Å². The lowest BCUT2D eigenvalue weighted by atomic mass is 10.1. The second-order valence-corrected chi connectivity index (χ2v) is 8.47. The van der Waals surface area contributed by atoms with Crippen molar-refractivity contribution in [2.45, 2.75) is 18.7 Å². The first-order valence-electron chi connectivity index (χ1n) is 8.17. The molecule has 0 fully saturated rings. The summed E-state index contributed by atoms with van der Waals surface area (Å²) < 4.78 is 30.3. The third-order valence-electron chi connectivity index (χ3n) is 3.69. The van der Waals surface area contributed by atoms with Gasteiger partial charge in [0.1, 0.15) is 0 Å². The van der Waals surface area contributed by atoms with E-state index < -0.39 is 28.5 Å². The van der Waals surface area contributed by atoms with Gasteiger partial charge < -0.3 is 10.1 Å². The number of benzene rings is 2. The minimum Gasteiger partial charge on any atom is -0.452 e. The van der Waals surface area contributed by atoms with Crippen molar-refractivity contribution in [3.05, 3.63) is 59.2 Å². The molecule has 0 aliphatic rings. The molecule has 2 rings (SSSR count). The predicted octanol–water partition coefficient (Wildman–Crippen LogP) is 2.35. The zero-order valence-corrected chi connectivity index (χ0v) is 16.5. The highest BCUT2D eigenvalue weighted by molar-refractivity contribution is 7.89. The van der Waals surface area contributed by atoms with Crippen molar-refractivity contribution in [3.63, 3.8) is 0 Å². The smallest absolute Gasteiger partial charge is 0.338 e. The van der Waals surface area contributed by atoms with E-state index >= 15 is 0 Å². The lowest BCUT2D eigenvalue weighted by Gasteiger charge is -2.12. The van der Waals surface area contributed by atoms with Crippen LogP contribution >= 0.6 is 0 Å². The number of carbonyl (C=O) groups excluding carboxylic acids is 2. The summed E-state index contributed by atoms with van der Waals surface area (Å²) in [6.45, 7) is 3.35. The predicted molar refractivity (Wildman–Crippen MR) is 102 cm³/mol. The number of nitrogens with one attached hydrogen (secondary N) is 1. The molecule has 0 saturated carbocycles. The highest BCUT2D eigenvalue weighted by Crippen LogP contribution is 2.16. The zero-order chi connectivity index (χ0) is 20.2. The second-order valence-electron chi connectivity index (χ2n) is 6.32. The molecule has 27 heavy (non-hydrogen) atoms. The van der Waals surface area contributed by atoms with Gasteiger partial charge in [-0.15, -0.1) is 0 Å². The van der Waals surface area contributed by atoms with Crippen LogP contribution in [-0.2, 0) is 19.6 Å². The van der Waals surface area contributed by atoms with Gasteiger partial charge in [0.2, 0.25) is 10.0 Å². The number of hydrogen-bond donors (Lipinski definition) is 1. The summed E-state index contributed by atoms with van der Waals surface area (Å²) in [6.07, 6.45) is 0. The van der Waals surface area contributed by atoms with E-state index in [0.717, 1.165) is 15.4 Å². The highest BCUT2D eigenvalue weighted by atomic mass is 32.2. The molecule has 144 valence electrons. The Morgan fingerprint density at radius 1 is 1.04 bits per heavy atom. The minimum atomic E-state index is -3.67. The van der Waals surface area contributed by atoms with Crippen LogP contribution in [0.25, 0.3) is 0 Å². The first-order valence-corrected chi connectivity index (χ1v) is 9.61. The van der Waals surface area contributed by atoms with Gasteiger partial charge in [0.25, 0.3) is 5.91 Å². The average molecular weight is 390 g/mol. The summed E-state index contributed by atoms with van der Waals surface area (Å²) in [5.41, 5.74) is 2.67. The van der Waals surface area contributed by atoms with Gasteiger partial charge in [-0.05, 0) is 55.3 Å². The molecule has 0 aromatic heterocycles. The third kappa shape index (κ3) is 5.38. The molecule has 0 spiro atoms. The van der Waals surface area contributed by atoms with Gasteiger partial charge in [0.15, 0.2) is 6.61 Å². The molecule has 0 saturated heterocycles. The summed E-state index contributed by atoms with van der Waals surface area (Å²) in [6, 6.07) is 11.1. The van der Waals surface area contributed by atoms with Crippen LogP contribution < -0.4 is 5.32 Å². The number of carbonyl (C=O) groups is 2. The summed E-state index contributed by atoms with van der Waals surface area (Å²) in [4.78, 5) is 24.1. The number of anilines is 1. The standard InChI is InChI=1S/C19H22N2O5S/c1-13-8-14(2)10-16(9-13)20-18(22)12-26-19(23)15-6-5-7-17(11-15)27(24,25)21(3)4/h5-11H,12H2,1-4H3,(H,20,22). The van der Waals surface area contributed by atoms with Crippen LogP contribution in [0.5, 0.6) is 0 Å². The fraction of sp³-hybridized carbons (Fsp3) is 0.263. The molecule has 1 amide bonds. The van der Waals surface area contributed by atoms with Crippen molar-refractivity contribution in [2.24, 2.45) is 0 Å². The van der Waals surface area contributed by atoms with Crippen LogP contribution in [0.1, 0.15) is 21.5 Å². The number of sulfonamides is 1. The number of ether oxygens (including phenoxy) is 1. The minimum absolute atomic E-state index is 0.0263. The van der Waals surface area contributed by atoms with Crippen LogP contribution in [0.2, 0.25) is 0 Å². The molecule has 0 heterocycles. The van der Waals surface area contributed by atoms with E-state index in [9.17, 15) is 18.0 Å². The maximum Gasteiger partial charge on any atom is 0.338 e. The number of esters is 1. The SMILES string of the molecule is Cc1cc(C)cc(NC(=O)COC(=O)c2cccc(S(=O)(=O)N(C)C)c2)c1. The van der Waals surface area contributed by atoms with Gasteiger partial charge in [-0.2, -0.15) is 0 Å². The maximum atomic E-state index is 12.1. The summed E-state index contributed by atoms with van der Waals surface area (Å²) >= 11 is 0. The van der Waals surface area contributed by atoms with E-state index in [1.807, 2.05) is 32.0 Å². The van der Waals surface area contributed by atoms with Gasteiger partial charge in [-0.3, -0.25) is 4.79 Å². The molecule has 0 unspecified atom stereocenters. The Morgan fingerprint density at radius 2 is 1.67 bits per heavy atom. The zero-order valence-electron chi connectivity index (χ0n) is 15.6. The van der Waals surface area contributed by atoms with Gasteiger partial charge in [0.05, 0.1) is 10.5 Å². The van der Waals surface area contributed by atoms with Crippen molar-refractivity contribution in [1.82, 2.24) is 4.31 Å². The summed E-state index contributed by atoms with van der Waals surface area (Å²) in [5.74, 6) is -1.26. The molecule has 2 aromatic rings. The molecule has 0 aliphatic carbocycles. The van der Waals surface area contributed by atoms with Crippen molar-refractivity contribution >= 4 is 27.6 Å². The second kappa shape index (κ2) is 8.32. The van der Waals surface area contributed by atoms with Gasteiger partial charge in [-0.1, -0.05) is 12.1 Å². The van der Waals surface area contributed by atoms with Gasteiger partial charge in [-0.25, -0.2) is 17.5 Å².